The second kappa shape index (κ2) is 5.85. The third-order valence-corrected chi connectivity index (χ3v) is 3.49. The molecule has 3 aromatic carbocycles. The molecule has 22 heavy (non-hydrogen) atoms. The van der Waals surface area contributed by atoms with Crippen LogP contribution in [0.5, 0.6) is 5.75 Å². The van der Waals surface area contributed by atoms with Crippen LogP contribution in [-0.4, -0.2) is 17.0 Å². The fraction of sp³-hybridized carbons (Fsp3) is 0.111. The van der Waals surface area contributed by atoms with E-state index in [-0.39, 0.29) is 12.8 Å². The zero-order valence-corrected chi connectivity index (χ0v) is 11.8. The number of carbonyl (C=O) groups is 2. The van der Waals surface area contributed by atoms with Crippen molar-refractivity contribution in [2.24, 2.45) is 0 Å². The van der Waals surface area contributed by atoms with Crippen LogP contribution in [0.3, 0.4) is 0 Å². The number of carboxylic acid groups (broad SMARTS) is 1. The minimum atomic E-state index is -1.01. The summed E-state index contributed by atoms with van der Waals surface area (Å²) in [6.07, 6.45) is -0.363. The van der Waals surface area contributed by atoms with Gasteiger partial charge in [0.15, 0.2) is 0 Å². The van der Waals surface area contributed by atoms with Gasteiger partial charge in [-0.3, -0.25) is 9.59 Å². The monoisotopic (exact) mass is 294 g/mol. The summed E-state index contributed by atoms with van der Waals surface area (Å²) in [6.45, 7) is 0. The van der Waals surface area contributed by atoms with Gasteiger partial charge in [0, 0.05) is 0 Å². The number of aliphatic carboxylic acids is 1. The molecule has 0 unspecified atom stereocenters. The van der Waals surface area contributed by atoms with E-state index < -0.39 is 11.9 Å². The Labute approximate surface area is 126 Å². The van der Waals surface area contributed by atoms with Crippen LogP contribution in [0.4, 0.5) is 0 Å². The van der Waals surface area contributed by atoms with Gasteiger partial charge in [-0.1, -0.05) is 42.5 Å². The average Bonchev–Trinajstić information content (AvgIpc) is 2.53. The molecule has 0 aliphatic carbocycles. The summed E-state index contributed by atoms with van der Waals surface area (Å²) in [7, 11) is 0. The summed E-state index contributed by atoms with van der Waals surface area (Å²) < 4.78 is 5.22. The van der Waals surface area contributed by atoms with E-state index in [4.69, 9.17) is 9.84 Å². The molecule has 1 N–H and O–H groups in total. The molecular weight excluding hydrogens is 280 g/mol. The fourth-order valence-electron chi connectivity index (χ4n) is 2.44. The lowest BCUT2D eigenvalue weighted by atomic mass is 10.0. The van der Waals surface area contributed by atoms with Crippen LogP contribution in [-0.2, 0) is 9.59 Å². The molecule has 4 nitrogen and oxygen atoms in total. The maximum Gasteiger partial charge on any atom is 0.311 e. The third-order valence-electron chi connectivity index (χ3n) is 3.49. The number of esters is 1. The highest BCUT2D eigenvalue weighted by Gasteiger charge is 2.09. The quantitative estimate of drug-likeness (QED) is 0.452. The maximum absolute atomic E-state index is 11.6. The van der Waals surface area contributed by atoms with E-state index in [1.165, 1.54) is 0 Å². The molecule has 0 spiro atoms. The first-order valence-corrected chi connectivity index (χ1v) is 6.97. The smallest absolute Gasteiger partial charge is 0.311 e. The van der Waals surface area contributed by atoms with Crippen LogP contribution in [0.1, 0.15) is 12.8 Å². The molecule has 0 radical (unpaired) electrons. The van der Waals surface area contributed by atoms with Crippen molar-refractivity contribution in [3.63, 3.8) is 0 Å². The summed E-state index contributed by atoms with van der Waals surface area (Å²) in [4.78, 5) is 22.1. The van der Waals surface area contributed by atoms with Crippen molar-refractivity contribution in [1.82, 2.24) is 0 Å². The Morgan fingerprint density at radius 1 is 0.864 bits per heavy atom. The van der Waals surface area contributed by atoms with E-state index >= 15 is 0 Å². The molecule has 0 aliphatic heterocycles. The van der Waals surface area contributed by atoms with Crippen LogP contribution in [0.2, 0.25) is 0 Å². The van der Waals surface area contributed by atoms with Crippen molar-refractivity contribution >= 4 is 33.5 Å². The molecule has 3 aromatic rings. The topological polar surface area (TPSA) is 63.6 Å². The first-order valence-electron chi connectivity index (χ1n) is 6.97. The van der Waals surface area contributed by atoms with Gasteiger partial charge >= 0.3 is 11.9 Å². The second-order valence-corrected chi connectivity index (χ2v) is 5.04. The minimum Gasteiger partial charge on any atom is -0.481 e. The molecule has 3 rings (SSSR count). The van der Waals surface area contributed by atoms with Gasteiger partial charge in [-0.2, -0.15) is 0 Å². The first-order chi connectivity index (χ1) is 10.6. The number of rotatable bonds is 4. The molecule has 4 heteroatoms. The molecule has 0 saturated carbocycles. The van der Waals surface area contributed by atoms with Crippen LogP contribution in [0.15, 0.2) is 54.6 Å². The Hall–Kier alpha value is -2.88. The Morgan fingerprint density at radius 2 is 1.55 bits per heavy atom. The minimum absolute atomic E-state index is 0.136. The highest BCUT2D eigenvalue weighted by Crippen LogP contribution is 2.28. The average molecular weight is 294 g/mol. The zero-order chi connectivity index (χ0) is 15.5. The predicted octanol–water partition coefficient (Wildman–Crippen LogP) is 3.76. The Morgan fingerprint density at radius 3 is 2.32 bits per heavy atom. The van der Waals surface area contributed by atoms with Crippen LogP contribution >= 0.6 is 0 Å². The lowest BCUT2D eigenvalue weighted by Crippen LogP contribution is -2.10. The number of hydrogen-bond donors (Lipinski definition) is 1. The van der Waals surface area contributed by atoms with E-state index in [9.17, 15) is 9.59 Å². The van der Waals surface area contributed by atoms with Crippen molar-refractivity contribution in [2.45, 2.75) is 12.8 Å². The summed E-state index contributed by atoms with van der Waals surface area (Å²) in [6, 6.07) is 17.5. The van der Waals surface area contributed by atoms with Crippen LogP contribution in [0, 0.1) is 0 Å². The van der Waals surface area contributed by atoms with Gasteiger partial charge in [-0.05, 0) is 33.7 Å². The first kappa shape index (κ1) is 14.1. The number of benzene rings is 3. The Kier molecular flexibility index (Phi) is 3.74. The number of fused-ring (bicyclic) bond motifs is 3. The zero-order valence-electron chi connectivity index (χ0n) is 11.8. The molecule has 0 atom stereocenters. The molecule has 0 amide bonds. The van der Waals surface area contributed by atoms with Gasteiger partial charge in [0.05, 0.1) is 12.8 Å². The summed E-state index contributed by atoms with van der Waals surface area (Å²) in [5, 5.41) is 12.8. The summed E-state index contributed by atoms with van der Waals surface area (Å²) >= 11 is 0. The van der Waals surface area contributed by atoms with Crippen molar-refractivity contribution in [3.05, 3.63) is 54.6 Å². The number of carbonyl (C=O) groups excluding carboxylic acids is 1. The SMILES string of the molecule is O=C(O)CCC(=O)Oc1ccc2ccc3ccccc3c2c1. The molecule has 0 aliphatic rings. The van der Waals surface area contributed by atoms with Gasteiger partial charge in [-0.25, -0.2) is 0 Å². The van der Waals surface area contributed by atoms with Gasteiger partial charge < -0.3 is 9.84 Å². The van der Waals surface area contributed by atoms with E-state index in [0.29, 0.717) is 5.75 Å². The number of carboxylic acids is 1. The molecule has 0 fully saturated rings. The van der Waals surface area contributed by atoms with Crippen molar-refractivity contribution in [2.75, 3.05) is 0 Å². The van der Waals surface area contributed by atoms with Gasteiger partial charge in [0.1, 0.15) is 5.75 Å². The van der Waals surface area contributed by atoms with Crippen molar-refractivity contribution in [1.29, 1.82) is 0 Å². The second-order valence-electron chi connectivity index (χ2n) is 5.04. The normalized spacial score (nSPS) is 10.7. The van der Waals surface area contributed by atoms with Crippen molar-refractivity contribution in [3.8, 4) is 5.75 Å². The third kappa shape index (κ3) is 2.91. The van der Waals surface area contributed by atoms with Crippen molar-refractivity contribution < 1.29 is 19.4 Å². The molecule has 0 heterocycles. The van der Waals surface area contributed by atoms with E-state index in [0.717, 1.165) is 21.5 Å². The standard InChI is InChI=1S/C18H14O4/c19-17(20)9-10-18(21)22-14-8-7-13-6-5-12-3-1-2-4-15(12)16(13)11-14/h1-8,11H,9-10H2,(H,19,20). The van der Waals surface area contributed by atoms with E-state index in [1.54, 1.807) is 6.07 Å². The summed E-state index contributed by atoms with van der Waals surface area (Å²) in [5.74, 6) is -1.12. The van der Waals surface area contributed by atoms with Gasteiger partial charge in [0.2, 0.25) is 0 Å². The van der Waals surface area contributed by atoms with Gasteiger partial charge in [-0.15, -0.1) is 0 Å². The summed E-state index contributed by atoms with van der Waals surface area (Å²) in [5.41, 5.74) is 0. The molecule has 0 aromatic heterocycles. The molecular formula is C18H14O4. The highest BCUT2D eigenvalue weighted by atomic mass is 16.5. The van der Waals surface area contributed by atoms with E-state index in [1.807, 2.05) is 42.5 Å². The van der Waals surface area contributed by atoms with Gasteiger partial charge in [0.25, 0.3) is 0 Å². The lowest BCUT2D eigenvalue weighted by Gasteiger charge is -2.07. The molecule has 0 saturated heterocycles. The van der Waals surface area contributed by atoms with Crippen LogP contribution in [0.25, 0.3) is 21.5 Å². The number of ether oxygens (including phenoxy) is 1. The largest absolute Gasteiger partial charge is 0.481 e. The molecule has 0 bridgehead atoms. The maximum atomic E-state index is 11.6. The van der Waals surface area contributed by atoms with Crippen LogP contribution < -0.4 is 4.74 Å². The Bertz CT molecular complexity index is 867. The fourth-order valence-corrected chi connectivity index (χ4v) is 2.44. The lowest BCUT2D eigenvalue weighted by molar-refractivity contribution is -0.142. The highest BCUT2D eigenvalue weighted by molar-refractivity contribution is 6.07. The number of hydrogen-bond acceptors (Lipinski definition) is 3. The van der Waals surface area contributed by atoms with E-state index in [2.05, 4.69) is 6.07 Å². The Balaban J connectivity index is 1.93. The molecule has 110 valence electrons. The predicted molar refractivity (Wildman–Crippen MR) is 84.0 cm³/mol.